The molecule has 1 aromatic carbocycles. The highest BCUT2D eigenvalue weighted by Crippen LogP contribution is 2.21. The van der Waals surface area contributed by atoms with Crippen molar-refractivity contribution in [3.63, 3.8) is 0 Å². The Hall–Kier alpha value is -2.98. The van der Waals surface area contributed by atoms with E-state index in [1.165, 1.54) is 11.3 Å². The van der Waals surface area contributed by atoms with Crippen molar-refractivity contribution in [1.82, 2.24) is 21.2 Å². The third-order valence-electron chi connectivity index (χ3n) is 4.50. The number of aryl methyl sites for hydroxylation is 2. The van der Waals surface area contributed by atoms with Crippen LogP contribution in [0.2, 0.25) is 0 Å². The zero-order valence-electron chi connectivity index (χ0n) is 16.3. The van der Waals surface area contributed by atoms with Crippen LogP contribution >= 0.6 is 11.3 Å². The lowest BCUT2D eigenvalue weighted by Gasteiger charge is -2.25. The number of hydrogen-bond acceptors (Lipinski definition) is 7. The average Bonchev–Trinajstić information content (AvgIpc) is 3.23. The maximum atomic E-state index is 12.2. The summed E-state index contributed by atoms with van der Waals surface area (Å²) in [7, 11) is 0. The minimum atomic E-state index is -0.542. The Kier molecular flexibility index (Phi) is 6.78. The number of hydrazine groups is 1. The Morgan fingerprint density at radius 3 is 2.59 bits per heavy atom. The van der Waals surface area contributed by atoms with Gasteiger partial charge in [0, 0.05) is 24.0 Å². The summed E-state index contributed by atoms with van der Waals surface area (Å²) in [6.07, 6.45) is 0. The van der Waals surface area contributed by atoms with Gasteiger partial charge in [-0.05, 0) is 37.1 Å². The maximum Gasteiger partial charge on any atom is 0.289 e. The van der Waals surface area contributed by atoms with Crippen molar-refractivity contribution in [1.29, 1.82) is 0 Å². The predicted molar refractivity (Wildman–Crippen MR) is 109 cm³/mol. The molecule has 0 atom stereocenters. The van der Waals surface area contributed by atoms with E-state index in [-0.39, 0.29) is 18.1 Å². The fourth-order valence-corrected chi connectivity index (χ4v) is 3.51. The summed E-state index contributed by atoms with van der Waals surface area (Å²) in [5.41, 5.74) is 7.35. The van der Waals surface area contributed by atoms with Gasteiger partial charge >= 0.3 is 0 Å². The number of morpholine rings is 1. The lowest BCUT2D eigenvalue weighted by Crippen LogP contribution is -2.46. The summed E-state index contributed by atoms with van der Waals surface area (Å²) in [4.78, 5) is 42.5. The van der Waals surface area contributed by atoms with Gasteiger partial charge in [0.15, 0.2) is 5.13 Å². The normalized spacial score (nSPS) is 13.7. The molecule has 0 aliphatic carbocycles. The number of nitrogens with one attached hydrogen (secondary N) is 3. The molecule has 154 valence electrons. The van der Waals surface area contributed by atoms with E-state index in [1.807, 2.05) is 24.8 Å². The van der Waals surface area contributed by atoms with Gasteiger partial charge in [-0.1, -0.05) is 6.07 Å². The summed E-state index contributed by atoms with van der Waals surface area (Å²) in [6.45, 7) is 6.33. The standard InChI is InChI=1S/C19H23N5O4S/c1-12-3-4-14(9-13(12)2)17(26)20-10-16(25)22-23-18(27)15-11-29-19(21-15)24-5-7-28-8-6-24/h3-4,9,11H,5-8,10H2,1-2H3,(H,20,26)(H,22,25)(H,23,27). The first-order valence-electron chi connectivity index (χ1n) is 9.17. The van der Waals surface area contributed by atoms with E-state index in [1.54, 1.807) is 17.5 Å². The summed E-state index contributed by atoms with van der Waals surface area (Å²) in [6, 6.07) is 5.31. The molecule has 1 saturated heterocycles. The van der Waals surface area contributed by atoms with Crippen molar-refractivity contribution >= 4 is 34.2 Å². The SMILES string of the molecule is Cc1ccc(C(=O)NCC(=O)NNC(=O)c2csc(N3CCOCC3)n2)cc1C. The molecule has 0 bridgehead atoms. The molecule has 29 heavy (non-hydrogen) atoms. The molecule has 1 aliphatic heterocycles. The van der Waals surface area contributed by atoms with Gasteiger partial charge < -0.3 is 15.0 Å². The van der Waals surface area contributed by atoms with E-state index in [4.69, 9.17) is 4.74 Å². The zero-order valence-corrected chi connectivity index (χ0v) is 17.1. The number of benzene rings is 1. The molecular weight excluding hydrogens is 394 g/mol. The van der Waals surface area contributed by atoms with Gasteiger partial charge in [0.2, 0.25) is 0 Å². The van der Waals surface area contributed by atoms with Crippen LogP contribution < -0.4 is 21.1 Å². The van der Waals surface area contributed by atoms with Gasteiger partial charge in [-0.15, -0.1) is 11.3 Å². The molecule has 0 unspecified atom stereocenters. The molecule has 1 aliphatic rings. The highest BCUT2D eigenvalue weighted by Gasteiger charge is 2.18. The van der Waals surface area contributed by atoms with E-state index < -0.39 is 11.8 Å². The van der Waals surface area contributed by atoms with Crippen LogP contribution in [0.25, 0.3) is 0 Å². The first kappa shape index (κ1) is 20.7. The largest absolute Gasteiger partial charge is 0.378 e. The van der Waals surface area contributed by atoms with Crippen molar-refractivity contribution in [2.24, 2.45) is 0 Å². The molecule has 10 heteroatoms. The lowest BCUT2D eigenvalue weighted by molar-refractivity contribution is -0.120. The van der Waals surface area contributed by atoms with Crippen LogP contribution in [0.15, 0.2) is 23.6 Å². The van der Waals surface area contributed by atoms with E-state index in [2.05, 4.69) is 21.2 Å². The molecule has 1 fully saturated rings. The maximum absolute atomic E-state index is 12.2. The lowest BCUT2D eigenvalue weighted by atomic mass is 10.1. The third kappa shape index (κ3) is 5.52. The molecule has 9 nitrogen and oxygen atoms in total. The Labute approximate surface area is 172 Å². The van der Waals surface area contributed by atoms with Crippen LogP contribution in [-0.4, -0.2) is 55.6 Å². The van der Waals surface area contributed by atoms with Crippen LogP contribution in [0.4, 0.5) is 5.13 Å². The number of thiazole rings is 1. The van der Waals surface area contributed by atoms with Crippen LogP contribution in [0.5, 0.6) is 0 Å². The number of anilines is 1. The molecule has 0 spiro atoms. The third-order valence-corrected chi connectivity index (χ3v) is 5.40. The number of nitrogens with zero attached hydrogens (tertiary/aromatic N) is 2. The fourth-order valence-electron chi connectivity index (χ4n) is 2.65. The Balaban J connectivity index is 1.44. The minimum absolute atomic E-state index is 0.218. The molecule has 3 amide bonds. The number of carbonyl (C=O) groups is 3. The minimum Gasteiger partial charge on any atom is -0.378 e. The van der Waals surface area contributed by atoms with Crippen LogP contribution in [-0.2, 0) is 9.53 Å². The molecule has 1 aromatic heterocycles. The number of rotatable bonds is 5. The fraction of sp³-hybridized carbons (Fsp3) is 0.368. The van der Waals surface area contributed by atoms with Gasteiger partial charge in [-0.3, -0.25) is 25.2 Å². The van der Waals surface area contributed by atoms with Crippen molar-refractivity contribution in [3.8, 4) is 0 Å². The van der Waals surface area contributed by atoms with Crippen LogP contribution in [0.3, 0.4) is 0 Å². The molecular formula is C19H23N5O4S. The second-order valence-electron chi connectivity index (χ2n) is 6.60. The van der Waals surface area contributed by atoms with E-state index in [0.717, 1.165) is 29.3 Å². The van der Waals surface area contributed by atoms with Gasteiger partial charge in [0.05, 0.1) is 19.8 Å². The second-order valence-corrected chi connectivity index (χ2v) is 7.44. The number of amides is 3. The summed E-state index contributed by atoms with van der Waals surface area (Å²) in [5.74, 6) is -1.42. The Morgan fingerprint density at radius 2 is 1.86 bits per heavy atom. The van der Waals surface area contributed by atoms with E-state index in [0.29, 0.717) is 18.8 Å². The molecule has 3 N–H and O–H groups in total. The highest BCUT2D eigenvalue weighted by molar-refractivity contribution is 7.13. The van der Waals surface area contributed by atoms with Crippen molar-refractivity contribution in [3.05, 3.63) is 46.0 Å². The molecule has 0 radical (unpaired) electrons. The first-order valence-corrected chi connectivity index (χ1v) is 10.0. The molecule has 2 aromatic rings. The van der Waals surface area contributed by atoms with Crippen molar-refractivity contribution < 1.29 is 19.1 Å². The predicted octanol–water partition coefficient (Wildman–Crippen LogP) is 0.788. The monoisotopic (exact) mass is 417 g/mol. The topological polar surface area (TPSA) is 113 Å². The smallest absolute Gasteiger partial charge is 0.289 e. The Morgan fingerprint density at radius 1 is 1.10 bits per heavy atom. The second kappa shape index (κ2) is 9.48. The van der Waals surface area contributed by atoms with Crippen LogP contribution in [0, 0.1) is 13.8 Å². The highest BCUT2D eigenvalue weighted by atomic mass is 32.1. The molecule has 2 heterocycles. The quantitative estimate of drug-likeness (QED) is 0.620. The summed E-state index contributed by atoms with van der Waals surface area (Å²) >= 11 is 1.36. The summed E-state index contributed by atoms with van der Waals surface area (Å²) in [5, 5.41) is 4.90. The van der Waals surface area contributed by atoms with Crippen molar-refractivity contribution in [2.75, 3.05) is 37.7 Å². The number of aromatic nitrogens is 1. The average molecular weight is 417 g/mol. The summed E-state index contributed by atoms with van der Waals surface area (Å²) < 4.78 is 5.30. The van der Waals surface area contributed by atoms with Crippen molar-refractivity contribution in [2.45, 2.75) is 13.8 Å². The van der Waals surface area contributed by atoms with Gasteiger partial charge in [-0.25, -0.2) is 4.98 Å². The zero-order chi connectivity index (χ0) is 20.8. The number of ether oxygens (including phenoxy) is 1. The van der Waals surface area contributed by atoms with Crippen LogP contribution in [0.1, 0.15) is 32.0 Å². The van der Waals surface area contributed by atoms with E-state index >= 15 is 0 Å². The molecule has 3 rings (SSSR count). The number of carbonyl (C=O) groups excluding carboxylic acids is 3. The number of hydrogen-bond donors (Lipinski definition) is 3. The Bertz CT molecular complexity index is 908. The molecule has 0 saturated carbocycles. The van der Waals surface area contributed by atoms with Gasteiger partial charge in [0.25, 0.3) is 17.7 Å². The van der Waals surface area contributed by atoms with E-state index in [9.17, 15) is 14.4 Å². The van der Waals surface area contributed by atoms with Gasteiger partial charge in [0.1, 0.15) is 5.69 Å². The first-order chi connectivity index (χ1) is 13.9. The van der Waals surface area contributed by atoms with Gasteiger partial charge in [-0.2, -0.15) is 0 Å².